The summed E-state index contributed by atoms with van der Waals surface area (Å²) in [4.78, 5) is 11.8. The Bertz CT molecular complexity index is 693. The minimum atomic E-state index is -0.592. The van der Waals surface area contributed by atoms with Crippen molar-refractivity contribution in [2.24, 2.45) is 0 Å². The zero-order valence-electron chi connectivity index (χ0n) is 15.1. The lowest BCUT2D eigenvalue weighted by Crippen LogP contribution is -2.27. The van der Waals surface area contributed by atoms with Crippen molar-refractivity contribution < 1.29 is 18.3 Å². The zero-order valence-corrected chi connectivity index (χ0v) is 15.1. The molecule has 2 N–H and O–H groups in total. The number of hydrogen-bond donors (Lipinski definition) is 2. The van der Waals surface area contributed by atoms with Gasteiger partial charge in [0.15, 0.2) is 0 Å². The molecule has 0 fully saturated rings. The molecule has 0 aliphatic rings. The van der Waals surface area contributed by atoms with Crippen molar-refractivity contribution in [3.05, 3.63) is 48.2 Å². The molecular formula is C19H25FN2O3. The molecule has 0 aliphatic carbocycles. The highest BCUT2D eigenvalue weighted by Crippen LogP contribution is 2.22. The Balaban J connectivity index is 1.94. The van der Waals surface area contributed by atoms with Gasteiger partial charge in [-0.1, -0.05) is 0 Å². The first kappa shape index (κ1) is 18.8. The van der Waals surface area contributed by atoms with Crippen LogP contribution in [-0.2, 0) is 11.2 Å². The number of halogens is 1. The summed E-state index contributed by atoms with van der Waals surface area (Å²) in [5, 5.41) is 5.74. The molecule has 1 atom stereocenters. The Labute approximate surface area is 147 Å². The molecule has 5 nitrogen and oxygen atoms in total. The van der Waals surface area contributed by atoms with E-state index < -0.39 is 11.7 Å². The van der Waals surface area contributed by atoms with Crippen molar-refractivity contribution in [3.63, 3.8) is 0 Å². The summed E-state index contributed by atoms with van der Waals surface area (Å²) in [5.41, 5.74) is 0.211. The highest BCUT2D eigenvalue weighted by molar-refractivity contribution is 5.85. The van der Waals surface area contributed by atoms with Gasteiger partial charge in [-0.3, -0.25) is 5.32 Å². The topological polar surface area (TPSA) is 63.5 Å². The van der Waals surface area contributed by atoms with Gasteiger partial charge in [-0.15, -0.1) is 0 Å². The molecule has 0 spiro atoms. The van der Waals surface area contributed by atoms with Crippen LogP contribution in [0.15, 0.2) is 41.0 Å². The van der Waals surface area contributed by atoms with Crippen LogP contribution in [0.25, 0.3) is 0 Å². The molecule has 1 unspecified atom stereocenters. The molecule has 2 aromatic rings. The quantitative estimate of drug-likeness (QED) is 0.753. The lowest BCUT2D eigenvalue weighted by Gasteiger charge is -2.20. The van der Waals surface area contributed by atoms with Crippen molar-refractivity contribution in [2.45, 2.75) is 52.2 Å². The lowest BCUT2D eigenvalue weighted by molar-refractivity contribution is 0.0636. The van der Waals surface area contributed by atoms with Gasteiger partial charge in [-0.2, -0.15) is 0 Å². The van der Waals surface area contributed by atoms with Crippen LogP contribution in [0.3, 0.4) is 0 Å². The number of carbonyl (C=O) groups is 1. The molecule has 1 aromatic heterocycles. The summed E-state index contributed by atoms with van der Waals surface area (Å²) in [6.45, 7) is 7.32. The van der Waals surface area contributed by atoms with Crippen LogP contribution < -0.4 is 10.6 Å². The number of amides is 1. The maximum absolute atomic E-state index is 14.0. The second kappa shape index (κ2) is 8.05. The first-order chi connectivity index (χ1) is 11.7. The largest absolute Gasteiger partial charge is 0.469 e. The SMILES string of the molecule is CC(CCc1ccco1)Nc1cc(NC(=O)OC(C)(C)C)ccc1F. The zero-order chi connectivity index (χ0) is 18.4. The minimum absolute atomic E-state index is 0.0383. The summed E-state index contributed by atoms with van der Waals surface area (Å²) < 4.78 is 24.5. The summed E-state index contributed by atoms with van der Waals surface area (Å²) in [6, 6.07) is 8.17. The molecule has 1 aromatic carbocycles. The smallest absolute Gasteiger partial charge is 0.412 e. The van der Waals surface area contributed by atoms with Crippen molar-refractivity contribution in [3.8, 4) is 0 Å². The molecule has 1 amide bonds. The second-order valence-corrected chi connectivity index (χ2v) is 6.98. The van der Waals surface area contributed by atoms with Crippen LogP contribution in [0, 0.1) is 5.82 Å². The van der Waals surface area contributed by atoms with Gasteiger partial charge in [-0.25, -0.2) is 9.18 Å². The third-order valence-corrected chi connectivity index (χ3v) is 3.42. The Morgan fingerprint density at radius 2 is 2.08 bits per heavy atom. The van der Waals surface area contributed by atoms with Crippen LogP contribution in [0.2, 0.25) is 0 Å². The fraction of sp³-hybridized carbons (Fsp3) is 0.421. The number of nitrogens with one attached hydrogen (secondary N) is 2. The molecule has 0 radical (unpaired) electrons. The van der Waals surface area contributed by atoms with E-state index in [0.717, 1.165) is 18.6 Å². The highest BCUT2D eigenvalue weighted by atomic mass is 19.1. The monoisotopic (exact) mass is 348 g/mol. The molecule has 136 valence electrons. The van der Waals surface area contributed by atoms with E-state index in [4.69, 9.17) is 9.15 Å². The van der Waals surface area contributed by atoms with Crippen LogP contribution >= 0.6 is 0 Å². The fourth-order valence-electron chi connectivity index (χ4n) is 2.29. The third kappa shape index (κ3) is 6.49. The maximum Gasteiger partial charge on any atom is 0.412 e. The average Bonchev–Trinajstić information content (AvgIpc) is 3.00. The van der Waals surface area contributed by atoms with Gasteiger partial charge in [-0.05, 0) is 64.4 Å². The normalized spacial score (nSPS) is 12.5. The molecule has 6 heteroatoms. The Morgan fingerprint density at radius 3 is 2.72 bits per heavy atom. The van der Waals surface area contributed by atoms with E-state index >= 15 is 0 Å². The molecule has 0 bridgehead atoms. The van der Waals surface area contributed by atoms with Crippen LogP contribution in [-0.4, -0.2) is 17.7 Å². The van der Waals surface area contributed by atoms with E-state index in [1.165, 1.54) is 12.1 Å². The van der Waals surface area contributed by atoms with Gasteiger partial charge in [0.05, 0.1) is 12.0 Å². The van der Waals surface area contributed by atoms with Gasteiger partial charge in [0.25, 0.3) is 0 Å². The number of benzene rings is 1. The summed E-state index contributed by atoms with van der Waals surface area (Å²) in [5.74, 6) is 0.522. The summed E-state index contributed by atoms with van der Waals surface area (Å²) in [6.07, 6.45) is 2.62. The van der Waals surface area contributed by atoms with Gasteiger partial charge in [0, 0.05) is 18.2 Å². The first-order valence-electron chi connectivity index (χ1n) is 8.31. The molecular weight excluding hydrogens is 323 g/mol. The third-order valence-electron chi connectivity index (χ3n) is 3.42. The molecule has 0 aliphatic heterocycles. The number of furan rings is 1. The number of rotatable bonds is 6. The van der Waals surface area contributed by atoms with E-state index in [0.29, 0.717) is 11.4 Å². The number of ether oxygens (including phenoxy) is 1. The number of aryl methyl sites for hydroxylation is 1. The van der Waals surface area contributed by atoms with Crippen molar-refractivity contribution in [1.29, 1.82) is 0 Å². The van der Waals surface area contributed by atoms with E-state index in [-0.39, 0.29) is 11.9 Å². The predicted molar refractivity (Wildman–Crippen MR) is 96.4 cm³/mol. The predicted octanol–water partition coefficient (Wildman–Crippen LogP) is 5.20. The van der Waals surface area contributed by atoms with E-state index in [1.807, 2.05) is 19.1 Å². The standard InChI is InChI=1S/C19H25FN2O3/c1-13(7-9-15-6-5-11-24-15)21-17-12-14(8-10-16(17)20)22-18(23)25-19(2,3)4/h5-6,8,10-13,21H,7,9H2,1-4H3,(H,22,23). The van der Waals surface area contributed by atoms with Crippen LogP contribution in [0.5, 0.6) is 0 Å². The van der Waals surface area contributed by atoms with Crippen molar-refractivity contribution in [2.75, 3.05) is 10.6 Å². The molecule has 2 rings (SSSR count). The Kier molecular flexibility index (Phi) is 6.07. The maximum atomic E-state index is 14.0. The molecule has 0 saturated heterocycles. The fourth-order valence-corrected chi connectivity index (χ4v) is 2.29. The summed E-state index contributed by atoms with van der Waals surface area (Å²) in [7, 11) is 0. The average molecular weight is 348 g/mol. The van der Waals surface area contributed by atoms with Gasteiger partial charge in [0.2, 0.25) is 0 Å². The number of hydrogen-bond acceptors (Lipinski definition) is 4. The minimum Gasteiger partial charge on any atom is -0.469 e. The Morgan fingerprint density at radius 1 is 1.32 bits per heavy atom. The van der Waals surface area contributed by atoms with Gasteiger partial charge >= 0.3 is 6.09 Å². The summed E-state index contributed by atoms with van der Waals surface area (Å²) >= 11 is 0. The molecule has 1 heterocycles. The van der Waals surface area contributed by atoms with Crippen LogP contribution in [0.4, 0.5) is 20.6 Å². The Hall–Kier alpha value is -2.50. The van der Waals surface area contributed by atoms with E-state index in [1.54, 1.807) is 33.1 Å². The van der Waals surface area contributed by atoms with E-state index in [9.17, 15) is 9.18 Å². The van der Waals surface area contributed by atoms with E-state index in [2.05, 4.69) is 10.6 Å². The first-order valence-corrected chi connectivity index (χ1v) is 8.31. The second-order valence-electron chi connectivity index (χ2n) is 6.98. The van der Waals surface area contributed by atoms with Gasteiger partial charge < -0.3 is 14.5 Å². The lowest BCUT2D eigenvalue weighted by atomic mass is 10.1. The van der Waals surface area contributed by atoms with Gasteiger partial charge in [0.1, 0.15) is 17.2 Å². The number of anilines is 2. The molecule has 0 saturated carbocycles. The highest BCUT2D eigenvalue weighted by Gasteiger charge is 2.17. The van der Waals surface area contributed by atoms with Crippen molar-refractivity contribution >= 4 is 17.5 Å². The van der Waals surface area contributed by atoms with Crippen LogP contribution in [0.1, 0.15) is 39.9 Å². The van der Waals surface area contributed by atoms with Crippen molar-refractivity contribution in [1.82, 2.24) is 0 Å². The number of carbonyl (C=O) groups excluding carboxylic acids is 1. The molecule has 25 heavy (non-hydrogen) atoms.